The topological polar surface area (TPSA) is 36.9 Å². The van der Waals surface area contributed by atoms with Gasteiger partial charge in [-0.25, -0.2) is 0 Å². The molecule has 0 aromatic heterocycles. The van der Waals surface area contributed by atoms with Gasteiger partial charge in [-0.2, -0.15) is 0 Å². The molecule has 68 valence electrons. The SMILES string of the molecule is CCOC(C)OP(OF)OF. The zero-order valence-electron chi connectivity index (χ0n) is 6.12. The summed E-state index contributed by atoms with van der Waals surface area (Å²) in [5.41, 5.74) is 0. The van der Waals surface area contributed by atoms with Gasteiger partial charge >= 0.3 is 8.60 Å². The zero-order valence-corrected chi connectivity index (χ0v) is 7.02. The summed E-state index contributed by atoms with van der Waals surface area (Å²) in [4.78, 5) is 0. The first-order chi connectivity index (χ1) is 5.24. The Kier molecular flexibility index (Phi) is 6.90. The molecule has 0 rings (SSSR count). The Morgan fingerprint density at radius 2 is 1.91 bits per heavy atom. The Morgan fingerprint density at radius 3 is 2.27 bits per heavy atom. The molecule has 0 aliphatic heterocycles. The minimum absolute atomic E-state index is 0.378. The number of halogens is 2. The van der Waals surface area contributed by atoms with Crippen LogP contribution in [0.15, 0.2) is 0 Å². The van der Waals surface area contributed by atoms with Gasteiger partial charge in [-0.15, -0.1) is 9.46 Å². The van der Waals surface area contributed by atoms with E-state index in [-0.39, 0.29) is 0 Å². The molecule has 1 atom stereocenters. The molecule has 0 heterocycles. The molecule has 7 heteroatoms. The van der Waals surface area contributed by atoms with Crippen molar-refractivity contribution in [2.45, 2.75) is 20.1 Å². The molecule has 1 unspecified atom stereocenters. The molecule has 0 bridgehead atoms. The van der Waals surface area contributed by atoms with Crippen molar-refractivity contribution in [2.75, 3.05) is 6.61 Å². The van der Waals surface area contributed by atoms with Crippen LogP contribution >= 0.6 is 8.60 Å². The van der Waals surface area contributed by atoms with E-state index in [4.69, 9.17) is 4.74 Å². The first kappa shape index (κ1) is 11.1. The number of rotatable bonds is 6. The van der Waals surface area contributed by atoms with Crippen LogP contribution in [-0.2, 0) is 18.7 Å². The number of hydrogen-bond acceptors (Lipinski definition) is 4. The van der Waals surface area contributed by atoms with Crippen LogP contribution in [0.5, 0.6) is 0 Å². The quantitative estimate of drug-likeness (QED) is 0.476. The normalized spacial score (nSPS) is 13.9. The maximum Gasteiger partial charge on any atom is 0.405 e. The smallest absolute Gasteiger partial charge is 0.353 e. The molecule has 0 saturated carbocycles. The third-order valence-electron chi connectivity index (χ3n) is 0.749. The Balaban J connectivity index is 3.44. The van der Waals surface area contributed by atoms with Crippen LogP contribution in [0.3, 0.4) is 0 Å². The highest BCUT2D eigenvalue weighted by atomic mass is 31.2. The first-order valence-electron chi connectivity index (χ1n) is 2.90. The van der Waals surface area contributed by atoms with E-state index in [0.29, 0.717) is 6.61 Å². The summed E-state index contributed by atoms with van der Waals surface area (Å²) >= 11 is 0. The minimum Gasteiger partial charge on any atom is -0.353 e. The predicted octanol–water partition coefficient (Wildman–Crippen LogP) is 2.41. The van der Waals surface area contributed by atoms with E-state index in [1.165, 1.54) is 6.92 Å². The zero-order chi connectivity index (χ0) is 8.69. The highest BCUT2D eigenvalue weighted by Gasteiger charge is 2.18. The molecule has 0 spiro atoms. The van der Waals surface area contributed by atoms with E-state index in [9.17, 15) is 9.05 Å². The van der Waals surface area contributed by atoms with Crippen LogP contribution in [0.4, 0.5) is 9.05 Å². The summed E-state index contributed by atoms with van der Waals surface area (Å²) in [7, 11) is -2.57. The maximum atomic E-state index is 11.2. The second-order valence-corrected chi connectivity index (χ2v) is 2.42. The third-order valence-corrected chi connectivity index (χ3v) is 1.44. The average molecular weight is 190 g/mol. The summed E-state index contributed by atoms with van der Waals surface area (Å²) < 4.78 is 37.7. The first-order valence-corrected chi connectivity index (χ1v) is 4.00. The average Bonchev–Trinajstić information content (AvgIpc) is 2.01. The monoisotopic (exact) mass is 190 g/mol. The molecule has 0 aliphatic rings. The molecule has 0 fully saturated rings. The third kappa shape index (κ3) is 5.41. The molecule has 11 heavy (non-hydrogen) atoms. The highest BCUT2D eigenvalue weighted by Crippen LogP contribution is 2.41. The van der Waals surface area contributed by atoms with Crippen molar-refractivity contribution in [1.82, 2.24) is 0 Å². The van der Waals surface area contributed by atoms with E-state index in [1.807, 2.05) is 0 Å². The summed E-state index contributed by atoms with van der Waals surface area (Å²) in [6, 6.07) is 0. The van der Waals surface area contributed by atoms with Crippen molar-refractivity contribution in [3.05, 3.63) is 0 Å². The summed E-state index contributed by atoms with van der Waals surface area (Å²) in [5, 5.41) is 0. The standard InChI is InChI=1S/C4H9F2O4P/c1-3-7-4(2)8-11(9-5)10-6/h4H,3H2,1-2H3. The van der Waals surface area contributed by atoms with Gasteiger partial charge in [0.25, 0.3) is 0 Å². The maximum absolute atomic E-state index is 11.2. The van der Waals surface area contributed by atoms with E-state index < -0.39 is 14.9 Å². The van der Waals surface area contributed by atoms with Gasteiger partial charge < -0.3 is 4.74 Å². The lowest BCUT2D eigenvalue weighted by Gasteiger charge is -2.12. The lowest BCUT2D eigenvalue weighted by Crippen LogP contribution is -2.09. The van der Waals surface area contributed by atoms with Crippen LogP contribution in [-0.4, -0.2) is 12.9 Å². The number of hydrogen-bond donors (Lipinski definition) is 0. The van der Waals surface area contributed by atoms with Gasteiger partial charge in [0.15, 0.2) is 6.29 Å². The van der Waals surface area contributed by atoms with Crippen LogP contribution in [0.2, 0.25) is 0 Å². The summed E-state index contributed by atoms with van der Waals surface area (Å²) in [6.45, 7) is 3.56. The fourth-order valence-corrected chi connectivity index (χ4v) is 0.819. The Morgan fingerprint density at radius 1 is 1.36 bits per heavy atom. The van der Waals surface area contributed by atoms with Gasteiger partial charge in [0.2, 0.25) is 0 Å². The van der Waals surface area contributed by atoms with Crippen molar-refractivity contribution in [3.8, 4) is 0 Å². The molecule has 0 radical (unpaired) electrons. The molecule has 0 amide bonds. The van der Waals surface area contributed by atoms with Crippen molar-refractivity contribution < 1.29 is 27.8 Å². The van der Waals surface area contributed by atoms with Crippen LogP contribution < -0.4 is 0 Å². The van der Waals surface area contributed by atoms with Crippen LogP contribution in [0, 0.1) is 0 Å². The van der Waals surface area contributed by atoms with Crippen molar-refractivity contribution in [1.29, 1.82) is 0 Å². The minimum atomic E-state index is -2.57. The molecule has 4 nitrogen and oxygen atoms in total. The van der Waals surface area contributed by atoms with E-state index in [0.717, 1.165) is 0 Å². The molecule has 0 aromatic rings. The van der Waals surface area contributed by atoms with Crippen molar-refractivity contribution in [2.24, 2.45) is 0 Å². The van der Waals surface area contributed by atoms with Crippen LogP contribution in [0.1, 0.15) is 13.8 Å². The van der Waals surface area contributed by atoms with Gasteiger partial charge in [-0.3, -0.25) is 4.52 Å². The second-order valence-electron chi connectivity index (χ2n) is 1.49. The van der Waals surface area contributed by atoms with Gasteiger partial charge in [0, 0.05) is 6.61 Å². The largest absolute Gasteiger partial charge is 0.405 e. The van der Waals surface area contributed by atoms with Crippen molar-refractivity contribution in [3.63, 3.8) is 0 Å². The second kappa shape index (κ2) is 6.82. The molecular weight excluding hydrogens is 181 g/mol. The summed E-state index contributed by atoms with van der Waals surface area (Å²) in [6.07, 6.45) is -0.752. The van der Waals surface area contributed by atoms with Gasteiger partial charge in [-0.1, -0.05) is 0 Å². The van der Waals surface area contributed by atoms with Gasteiger partial charge in [0.1, 0.15) is 0 Å². The Hall–Kier alpha value is 0.130. The lowest BCUT2D eigenvalue weighted by atomic mass is 10.7. The fraction of sp³-hybridized carbons (Fsp3) is 1.00. The molecule has 0 N–H and O–H groups in total. The van der Waals surface area contributed by atoms with E-state index in [1.54, 1.807) is 6.92 Å². The van der Waals surface area contributed by atoms with Crippen molar-refractivity contribution >= 4 is 8.60 Å². The molecule has 0 aromatic carbocycles. The highest BCUT2D eigenvalue weighted by molar-refractivity contribution is 7.41. The lowest BCUT2D eigenvalue weighted by molar-refractivity contribution is -0.136. The molecule has 0 saturated heterocycles. The fourth-order valence-electron chi connectivity index (χ4n) is 0.430. The summed E-state index contributed by atoms with van der Waals surface area (Å²) in [5.74, 6) is 0. The van der Waals surface area contributed by atoms with E-state index >= 15 is 0 Å². The Bertz CT molecular complexity index is 92.2. The van der Waals surface area contributed by atoms with Gasteiger partial charge in [-0.05, 0) is 22.9 Å². The predicted molar refractivity (Wildman–Crippen MR) is 33.5 cm³/mol. The Labute approximate surface area is 64.2 Å². The van der Waals surface area contributed by atoms with Crippen LogP contribution in [0.25, 0.3) is 0 Å². The van der Waals surface area contributed by atoms with Gasteiger partial charge in [0.05, 0.1) is 0 Å². The molecular formula is C4H9F2O4P. The molecule has 0 aliphatic carbocycles. The number of ether oxygens (including phenoxy) is 1. The van der Waals surface area contributed by atoms with E-state index in [2.05, 4.69) is 14.0 Å².